The number of carbonyl (C=O) groups excluding carboxylic acids is 1. The number of hydrogen-bond donors (Lipinski definition) is 0. The maximum atomic E-state index is 11.8. The highest BCUT2D eigenvalue weighted by Crippen LogP contribution is 2.26. The van der Waals surface area contributed by atoms with Crippen LogP contribution in [0.3, 0.4) is 0 Å². The molecule has 1 nitrogen and oxygen atoms in total. The molecule has 1 aliphatic carbocycles. The van der Waals surface area contributed by atoms with E-state index < -0.39 is 0 Å². The van der Waals surface area contributed by atoms with E-state index in [1.807, 2.05) is 6.92 Å². The van der Waals surface area contributed by atoms with Crippen LogP contribution in [-0.4, -0.2) is 5.78 Å². The standard InChI is InChI=1S/C14H24O/c1-4-11(2)14(15)12(3)7-5-8-13-9-6-10-13/h8,11-12H,4-7,9-10H2,1-3H3. The molecule has 0 N–H and O–H groups in total. The lowest BCUT2D eigenvalue weighted by Crippen LogP contribution is -2.18. The van der Waals surface area contributed by atoms with E-state index in [0.29, 0.717) is 5.78 Å². The summed E-state index contributed by atoms with van der Waals surface area (Å²) in [5.74, 6) is 0.942. The highest BCUT2D eigenvalue weighted by Gasteiger charge is 2.17. The van der Waals surface area contributed by atoms with Gasteiger partial charge in [-0.1, -0.05) is 32.4 Å². The first kappa shape index (κ1) is 12.5. The Labute approximate surface area is 93.9 Å². The van der Waals surface area contributed by atoms with Crippen LogP contribution in [0.1, 0.15) is 59.3 Å². The number of hydrogen-bond acceptors (Lipinski definition) is 1. The van der Waals surface area contributed by atoms with Gasteiger partial charge in [0.1, 0.15) is 5.78 Å². The molecule has 0 heterocycles. The van der Waals surface area contributed by atoms with Crippen LogP contribution >= 0.6 is 0 Å². The van der Waals surface area contributed by atoms with Crippen LogP contribution in [0, 0.1) is 11.8 Å². The molecule has 86 valence electrons. The van der Waals surface area contributed by atoms with Crippen LogP contribution in [0.15, 0.2) is 11.6 Å². The van der Waals surface area contributed by atoms with Gasteiger partial charge < -0.3 is 0 Å². The Bertz CT molecular complexity index is 234. The number of allylic oxidation sites excluding steroid dienone is 2. The Kier molecular flexibility index (Phi) is 5.07. The van der Waals surface area contributed by atoms with Crippen LogP contribution in [0.4, 0.5) is 0 Å². The number of rotatable bonds is 6. The molecular formula is C14H24O. The topological polar surface area (TPSA) is 17.1 Å². The third-order valence-electron chi connectivity index (χ3n) is 3.61. The van der Waals surface area contributed by atoms with Gasteiger partial charge in [-0.3, -0.25) is 4.79 Å². The summed E-state index contributed by atoms with van der Waals surface area (Å²) in [6.07, 6.45) is 9.42. The summed E-state index contributed by atoms with van der Waals surface area (Å²) in [5.41, 5.74) is 1.61. The molecule has 0 aromatic rings. The Morgan fingerprint density at radius 3 is 2.47 bits per heavy atom. The van der Waals surface area contributed by atoms with Crippen molar-refractivity contribution in [3.63, 3.8) is 0 Å². The van der Waals surface area contributed by atoms with Gasteiger partial charge in [0, 0.05) is 11.8 Å². The molecule has 0 saturated heterocycles. The predicted octanol–water partition coefficient (Wildman–Crippen LogP) is 4.13. The highest BCUT2D eigenvalue weighted by molar-refractivity contribution is 5.82. The molecule has 0 radical (unpaired) electrons. The minimum Gasteiger partial charge on any atom is -0.299 e. The zero-order valence-corrected chi connectivity index (χ0v) is 10.4. The molecule has 1 heteroatoms. The first-order valence-corrected chi connectivity index (χ1v) is 6.36. The second-order valence-corrected chi connectivity index (χ2v) is 4.91. The average molecular weight is 208 g/mol. The van der Waals surface area contributed by atoms with Gasteiger partial charge in [0.2, 0.25) is 0 Å². The van der Waals surface area contributed by atoms with Gasteiger partial charge in [-0.2, -0.15) is 0 Å². The molecule has 0 amide bonds. The second kappa shape index (κ2) is 6.09. The smallest absolute Gasteiger partial charge is 0.138 e. The number of ketones is 1. The van der Waals surface area contributed by atoms with Crippen LogP contribution < -0.4 is 0 Å². The summed E-state index contributed by atoms with van der Waals surface area (Å²) >= 11 is 0. The molecule has 1 rings (SSSR count). The van der Waals surface area contributed by atoms with Crippen molar-refractivity contribution < 1.29 is 4.79 Å². The third kappa shape index (κ3) is 3.81. The molecule has 0 aliphatic heterocycles. The lowest BCUT2D eigenvalue weighted by molar-refractivity contribution is -0.126. The van der Waals surface area contributed by atoms with E-state index >= 15 is 0 Å². The summed E-state index contributed by atoms with van der Waals surface area (Å²) in [6.45, 7) is 6.21. The molecular weight excluding hydrogens is 184 g/mol. The summed E-state index contributed by atoms with van der Waals surface area (Å²) in [5, 5.41) is 0. The van der Waals surface area contributed by atoms with Crippen molar-refractivity contribution in [3.05, 3.63) is 11.6 Å². The molecule has 0 aromatic heterocycles. The Hall–Kier alpha value is -0.590. The maximum absolute atomic E-state index is 11.8. The van der Waals surface area contributed by atoms with Crippen molar-refractivity contribution in [2.24, 2.45) is 11.8 Å². The van der Waals surface area contributed by atoms with Gasteiger partial charge in [0.25, 0.3) is 0 Å². The van der Waals surface area contributed by atoms with E-state index in [-0.39, 0.29) is 11.8 Å². The second-order valence-electron chi connectivity index (χ2n) is 4.91. The lowest BCUT2D eigenvalue weighted by Gasteiger charge is -2.17. The predicted molar refractivity (Wildman–Crippen MR) is 64.8 cm³/mol. The van der Waals surface area contributed by atoms with Crippen molar-refractivity contribution in [2.75, 3.05) is 0 Å². The molecule has 0 aromatic carbocycles. The van der Waals surface area contributed by atoms with Gasteiger partial charge in [-0.25, -0.2) is 0 Å². The van der Waals surface area contributed by atoms with Crippen molar-refractivity contribution >= 4 is 5.78 Å². The largest absolute Gasteiger partial charge is 0.299 e. The Balaban J connectivity index is 2.22. The molecule has 0 bridgehead atoms. The van der Waals surface area contributed by atoms with Crippen LogP contribution in [0.2, 0.25) is 0 Å². The summed E-state index contributed by atoms with van der Waals surface area (Å²) < 4.78 is 0. The van der Waals surface area contributed by atoms with E-state index in [9.17, 15) is 4.79 Å². The fourth-order valence-electron chi connectivity index (χ4n) is 1.95. The first-order chi connectivity index (χ1) is 7.15. The SMILES string of the molecule is CCC(C)C(=O)C(C)CCC=C1CCC1. The molecule has 1 aliphatic rings. The molecule has 2 atom stereocenters. The Morgan fingerprint density at radius 1 is 1.33 bits per heavy atom. The van der Waals surface area contributed by atoms with Gasteiger partial charge in [-0.15, -0.1) is 0 Å². The quantitative estimate of drug-likeness (QED) is 0.600. The fourth-order valence-corrected chi connectivity index (χ4v) is 1.95. The molecule has 2 unspecified atom stereocenters. The Morgan fingerprint density at radius 2 is 2.00 bits per heavy atom. The average Bonchev–Trinajstić information content (AvgIpc) is 2.19. The van der Waals surface area contributed by atoms with Gasteiger partial charge in [0.05, 0.1) is 0 Å². The highest BCUT2D eigenvalue weighted by atomic mass is 16.1. The van der Waals surface area contributed by atoms with Gasteiger partial charge in [-0.05, 0) is 38.5 Å². The van der Waals surface area contributed by atoms with Crippen molar-refractivity contribution in [2.45, 2.75) is 59.3 Å². The van der Waals surface area contributed by atoms with Crippen molar-refractivity contribution in [3.8, 4) is 0 Å². The van der Waals surface area contributed by atoms with Crippen molar-refractivity contribution in [1.29, 1.82) is 0 Å². The minimum atomic E-state index is 0.247. The van der Waals surface area contributed by atoms with E-state index in [0.717, 1.165) is 19.3 Å². The zero-order valence-electron chi connectivity index (χ0n) is 10.4. The molecule has 15 heavy (non-hydrogen) atoms. The minimum absolute atomic E-state index is 0.247. The zero-order chi connectivity index (χ0) is 11.3. The van der Waals surface area contributed by atoms with Crippen LogP contribution in [0.5, 0.6) is 0 Å². The van der Waals surface area contributed by atoms with Crippen LogP contribution in [0.25, 0.3) is 0 Å². The molecule has 1 fully saturated rings. The first-order valence-electron chi connectivity index (χ1n) is 6.36. The van der Waals surface area contributed by atoms with Crippen LogP contribution in [-0.2, 0) is 4.79 Å². The third-order valence-corrected chi connectivity index (χ3v) is 3.61. The number of Topliss-reactive ketones (excluding diaryl/α,β-unsaturated/α-hetero) is 1. The lowest BCUT2D eigenvalue weighted by atomic mass is 9.88. The monoisotopic (exact) mass is 208 g/mol. The summed E-state index contributed by atoms with van der Waals surface area (Å²) in [6, 6.07) is 0. The van der Waals surface area contributed by atoms with E-state index in [2.05, 4.69) is 19.9 Å². The van der Waals surface area contributed by atoms with Gasteiger partial charge >= 0.3 is 0 Å². The number of carbonyl (C=O) groups is 1. The summed E-state index contributed by atoms with van der Waals surface area (Å²) in [7, 11) is 0. The maximum Gasteiger partial charge on any atom is 0.138 e. The van der Waals surface area contributed by atoms with E-state index in [4.69, 9.17) is 0 Å². The van der Waals surface area contributed by atoms with E-state index in [1.165, 1.54) is 19.3 Å². The normalized spacial score (nSPS) is 19.3. The van der Waals surface area contributed by atoms with Gasteiger partial charge in [0.15, 0.2) is 0 Å². The van der Waals surface area contributed by atoms with Crippen molar-refractivity contribution in [1.82, 2.24) is 0 Å². The summed E-state index contributed by atoms with van der Waals surface area (Å²) in [4.78, 5) is 11.8. The molecule has 1 saturated carbocycles. The molecule has 0 spiro atoms. The fraction of sp³-hybridized carbons (Fsp3) is 0.786. The van der Waals surface area contributed by atoms with E-state index in [1.54, 1.807) is 5.57 Å².